The lowest BCUT2D eigenvalue weighted by Gasteiger charge is -2.10. The highest BCUT2D eigenvalue weighted by Gasteiger charge is 2.13. The van der Waals surface area contributed by atoms with E-state index < -0.39 is 5.82 Å². The van der Waals surface area contributed by atoms with Crippen LogP contribution >= 0.6 is 0 Å². The molecular formula is C20H18FN3O3. The Labute approximate surface area is 155 Å². The van der Waals surface area contributed by atoms with Gasteiger partial charge >= 0.3 is 0 Å². The van der Waals surface area contributed by atoms with Crippen molar-refractivity contribution >= 4 is 34.1 Å². The number of pyridine rings is 1. The van der Waals surface area contributed by atoms with Crippen LogP contribution in [0.5, 0.6) is 0 Å². The molecule has 1 heterocycles. The maximum atomic E-state index is 13.4. The fraction of sp³-hybridized carbons (Fsp3) is 0.150. The molecule has 0 aliphatic heterocycles. The number of carbonyl (C=O) groups is 2. The summed E-state index contributed by atoms with van der Waals surface area (Å²) in [7, 11) is 1.44. The van der Waals surface area contributed by atoms with Crippen molar-refractivity contribution < 1.29 is 18.7 Å². The number of aromatic nitrogens is 1. The Kier molecular flexibility index (Phi) is 5.42. The molecule has 0 atom stereocenters. The summed E-state index contributed by atoms with van der Waals surface area (Å²) in [5.74, 6) is -0.994. The number of fused-ring (bicyclic) bond motifs is 1. The predicted molar refractivity (Wildman–Crippen MR) is 101 cm³/mol. The third-order valence-electron chi connectivity index (χ3n) is 3.85. The maximum Gasteiger partial charge on any atom is 0.256 e. The van der Waals surface area contributed by atoms with Crippen LogP contribution in [0.15, 0.2) is 48.5 Å². The van der Waals surface area contributed by atoms with Crippen molar-refractivity contribution in [1.29, 1.82) is 0 Å². The van der Waals surface area contributed by atoms with Crippen molar-refractivity contribution in [2.24, 2.45) is 0 Å². The smallest absolute Gasteiger partial charge is 0.256 e. The van der Waals surface area contributed by atoms with Crippen LogP contribution in [0.2, 0.25) is 0 Å². The van der Waals surface area contributed by atoms with Crippen molar-refractivity contribution in [1.82, 2.24) is 4.98 Å². The molecule has 7 heteroatoms. The zero-order valence-corrected chi connectivity index (χ0v) is 14.9. The highest BCUT2D eigenvalue weighted by Crippen LogP contribution is 2.21. The molecule has 0 saturated heterocycles. The van der Waals surface area contributed by atoms with E-state index in [9.17, 15) is 14.0 Å². The molecule has 1 aromatic heterocycles. The second-order valence-electron chi connectivity index (χ2n) is 5.99. The number of benzene rings is 2. The van der Waals surface area contributed by atoms with Gasteiger partial charge < -0.3 is 15.4 Å². The van der Waals surface area contributed by atoms with E-state index in [1.807, 2.05) is 0 Å². The quantitative estimate of drug-likeness (QED) is 0.723. The molecule has 0 spiro atoms. The first-order chi connectivity index (χ1) is 13.0. The third kappa shape index (κ3) is 4.45. The number of rotatable bonds is 5. The molecule has 0 aliphatic carbocycles. The number of halogens is 1. The Balaban J connectivity index is 1.79. The summed E-state index contributed by atoms with van der Waals surface area (Å²) < 4.78 is 18.2. The van der Waals surface area contributed by atoms with Crippen molar-refractivity contribution in [2.45, 2.75) is 6.92 Å². The van der Waals surface area contributed by atoms with Gasteiger partial charge in [-0.05, 0) is 49.4 Å². The van der Waals surface area contributed by atoms with Gasteiger partial charge in [-0.3, -0.25) is 14.6 Å². The molecule has 0 unspecified atom stereocenters. The Morgan fingerprint density at radius 2 is 1.70 bits per heavy atom. The largest absolute Gasteiger partial charge is 0.375 e. The van der Waals surface area contributed by atoms with Gasteiger partial charge in [0, 0.05) is 35.6 Å². The first kappa shape index (κ1) is 18.5. The number of carbonyl (C=O) groups excluding carboxylic acids is 2. The van der Waals surface area contributed by atoms with Crippen LogP contribution in [0.4, 0.5) is 15.8 Å². The first-order valence-corrected chi connectivity index (χ1v) is 8.23. The van der Waals surface area contributed by atoms with Crippen molar-refractivity contribution in [3.8, 4) is 0 Å². The third-order valence-corrected chi connectivity index (χ3v) is 3.85. The van der Waals surface area contributed by atoms with Crippen LogP contribution in [-0.2, 0) is 9.53 Å². The fourth-order valence-corrected chi connectivity index (χ4v) is 2.69. The Morgan fingerprint density at radius 1 is 1.04 bits per heavy atom. The molecule has 0 fully saturated rings. The summed E-state index contributed by atoms with van der Waals surface area (Å²) in [5, 5.41) is 6.04. The van der Waals surface area contributed by atoms with E-state index in [-0.39, 0.29) is 18.4 Å². The number of hydrogen-bond donors (Lipinski definition) is 2. The van der Waals surface area contributed by atoms with E-state index in [1.54, 1.807) is 43.3 Å². The Hall–Kier alpha value is -3.32. The molecule has 3 aromatic rings. The van der Waals surface area contributed by atoms with Gasteiger partial charge in [0.2, 0.25) is 5.91 Å². The minimum Gasteiger partial charge on any atom is -0.375 e. The molecule has 27 heavy (non-hydrogen) atoms. The molecule has 138 valence electrons. The maximum absolute atomic E-state index is 13.4. The van der Waals surface area contributed by atoms with Crippen molar-refractivity contribution in [2.75, 3.05) is 24.4 Å². The zero-order chi connectivity index (χ0) is 19.4. The van der Waals surface area contributed by atoms with Crippen LogP contribution in [0.25, 0.3) is 10.9 Å². The van der Waals surface area contributed by atoms with E-state index in [1.165, 1.54) is 19.2 Å². The van der Waals surface area contributed by atoms with Gasteiger partial charge in [0.15, 0.2) is 0 Å². The molecule has 2 aromatic carbocycles. The highest BCUT2D eigenvalue weighted by molar-refractivity contribution is 6.12. The predicted octanol–water partition coefficient (Wildman–Crippen LogP) is 3.52. The average molecular weight is 367 g/mol. The average Bonchev–Trinajstić information content (AvgIpc) is 2.62. The van der Waals surface area contributed by atoms with Gasteiger partial charge in [-0.25, -0.2) is 4.39 Å². The standard InChI is InChI=1S/C20H18FN3O3/c1-12-9-17(16-8-3-13(21)10-18(16)22-12)20(26)24-15-6-4-14(5-7-15)23-19(25)11-27-2/h3-10H,11H2,1-2H3,(H,23,25)(H,24,26). The molecule has 3 rings (SSSR count). The van der Waals surface area contributed by atoms with Gasteiger partial charge in [0.1, 0.15) is 12.4 Å². The van der Waals surface area contributed by atoms with Gasteiger partial charge in [-0.15, -0.1) is 0 Å². The van der Waals surface area contributed by atoms with Crippen LogP contribution in [0, 0.1) is 12.7 Å². The SMILES string of the molecule is COCC(=O)Nc1ccc(NC(=O)c2cc(C)nc3cc(F)ccc23)cc1. The first-order valence-electron chi connectivity index (χ1n) is 8.23. The van der Waals surface area contributed by atoms with E-state index in [0.29, 0.717) is 33.5 Å². The summed E-state index contributed by atoms with van der Waals surface area (Å²) in [6.45, 7) is 1.71. The van der Waals surface area contributed by atoms with Crippen molar-refractivity contribution in [3.05, 3.63) is 65.6 Å². The van der Waals surface area contributed by atoms with Crippen LogP contribution in [0.1, 0.15) is 16.1 Å². The van der Waals surface area contributed by atoms with Gasteiger partial charge in [0.05, 0.1) is 11.1 Å². The highest BCUT2D eigenvalue weighted by atomic mass is 19.1. The molecule has 0 radical (unpaired) electrons. The zero-order valence-electron chi connectivity index (χ0n) is 14.9. The van der Waals surface area contributed by atoms with E-state index in [2.05, 4.69) is 15.6 Å². The van der Waals surface area contributed by atoms with Crippen molar-refractivity contribution in [3.63, 3.8) is 0 Å². The number of nitrogens with zero attached hydrogens (tertiary/aromatic N) is 1. The number of amides is 2. The van der Waals surface area contributed by atoms with Gasteiger partial charge in [-0.2, -0.15) is 0 Å². The van der Waals surface area contributed by atoms with Crippen LogP contribution < -0.4 is 10.6 Å². The molecule has 0 bridgehead atoms. The number of anilines is 2. The summed E-state index contributed by atoms with van der Waals surface area (Å²) >= 11 is 0. The molecule has 2 amide bonds. The van der Waals surface area contributed by atoms with Gasteiger partial charge in [-0.1, -0.05) is 0 Å². The minimum absolute atomic E-state index is 0.0342. The number of aryl methyl sites for hydroxylation is 1. The number of ether oxygens (including phenoxy) is 1. The Bertz CT molecular complexity index is 998. The lowest BCUT2D eigenvalue weighted by Crippen LogP contribution is -2.17. The summed E-state index contributed by atoms with van der Waals surface area (Å²) in [5.41, 5.74) is 2.62. The summed E-state index contributed by atoms with van der Waals surface area (Å²) in [6.07, 6.45) is 0. The van der Waals surface area contributed by atoms with E-state index >= 15 is 0 Å². The number of methoxy groups -OCH3 is 1. The molecule has 0 aliphatic rings. The molecular weight excluding hydrogens is 349 g/mol. The summed E-state index contributed by atoms with van der Waals surface area (Å²) in [6, 6.07) is 12.5. The van der Waals surface area contributed by atoms with E-state index in [4.69, 9.17) is 4.74 Å². The second kappa shape index (κ2) is 7.92. The second-order valence-corrected chi connectivity index (χ2v) is 5.99. The lowest BCUT2D eigenvalue weighted by molar-refractivity contribution is -0.119. The molecule has 0 saturated carbocycles. The number of nitrogens with one attached hydrogen (secondary N) is 2. The molecule has 2 N–H and O–H groups in total. The monoisotopic (exact) mass is 367 g/mol. The normalized spacial score (nSPS) is 10.6. The topological polar surface area (TPSA) is 80.3 Å². The minimum atomic E-state index is -0.405. The molecule has 6 nitrogen and oxygen atoms in total. The fourth-order valence-electron chi connectivity index (χ4n) is 2.69. The number of hydrogen-bond acceptors (Lipinski definition) is 4. The summed E-state index contributed by atoms with van der Waals surface area (Å²) in [4.78, 5) is 28.5. The van der Waals surface area contributed by atoms with Gasteiger partial charge in [0.25, 0.3) is 5.91 Å². The Morgan fingerprint density at radius 3 is 2.37 bits per heavy atom. The van der Waals surface area contributed by atoms with Crippen LogP contribution in [-0.4, -0.2) is 30.5 Å². The van der Waals surface area contributed by atoms with E-state index in [0.717, 1.165) is 0 Å². The lowest BCUT2D eigenvalue weighted by atomic mass is 10.1. The van der Waals surface area contributed by atoms with Crippen LogP contribution in [0.3, 0.4) is 0 Å².